The third kappa shape index (κ3) is 8.13. The number of thioether (sulfide) groups is 1. The zero-order valence-electron chi connectivity index (χ0n) is 17.3. The number of rotatable bonds is 10. The standard InChI is InChI=1S/C22H24N2O6S/c1-29-21(27)15-3-7-17(8-4-15)23-19(25)11-13-31-14-12-20(26)24-18-9-5-16(6-10-18)22(28)30-2/h3-10H,11-14H2,1-2H3,(H,23,25)(H,24,26). The monoisotopic (exact) mass is 444 g/mol. The molecule has 31 heavy (non-hydrogen) atoms. The Bertz CT molecular complexity index is 837. The van der Waals surface area contributed by atoms with Gasteiger partial charge in [0, 0.05) is 35.7 Å². The maximum Gasteiger partial charge on any atom is 0.337 e. The highest BCUT2D eigenvalue weighted by Gasteiger charge is 2.08. The molecule has 0 radical (unpaired) electrons. The summed E-state index contributed by atoms with van der Waals surface area (Å²) in [6.07, 6.45) is 0.611. The van der Waals surface area contributed by atoms with E-state index in [1.807, 2.05) is 0 Å². The summed E-state index contributed by atoms with van der Waals surface area (Å²) in [5, 5.41) is 5.52. The van der Waals surface area contributed by atoms with Gasteiger partial charge >= 0.3 is 11.9 Å². The van der Waals surface area contributed by atoms with Gasteiger partial charge in [-0.2, -0.15) is 11.8 Å². The Morgan fingerprint density at radius 2 is 1.03 bits per heavy atom. The molecule has 164 valence electrons. The van der Waals surface area contributed by atoms with Gasteiger partial charge in [-0.3, -0.25) is 9.59 Å². The van der Waals surface area contributed by atoms with Crippen LogP contribution in [0.3, 0.4) is 0 Å². The Kier molecular flexibility index (Phi) is 9.57. The molecule has 0 bridgehead atoms. The molecular formula is C22H24N2O6S. The highest BCUT2D eigenvalue weighted by molar-refractivity contribution is 7.99. The molecule has 0 fully saturated rings. The van der Waals surface area contributed by atoms with Crippen molar-refractivity contribution in [2.75, 3.05) is 36.4 Å². The predicted molar refractivity (Wildman–Crippen MR) is 119 cm³/mol. The second-order valence-corrected chi connectivity index (χ2v) is 7.57. The molecule has 0 unspecified atom stereocenters. The second-order valence-electron chi connectivity index (χ2n) is 6.35. The molecule has 9 heteroatoms. The number of hydrogen-bond acceptors (Lipinski definition) is 7. The summed E-state index contributed by atoms with van der Waals surface area (Å²) in [5.41, 5.74) is 2.02. The highest BCUT2D eigenvalue weighted by atomic mass is 32.2. The van der Waals surface area contributed by atoms with E-state index in [0.29, 0.717) is 46.8 Å². The summed E-state index contributed by atoms with van der Waals surface area (Å²) in [6.45, 7) is 0. The van der Waals surface area contributed by atoms with Gasteiger partial charge in [0.1, 0.15) is 0 Å². The lowest BCUT2D eigenvalue weighted by atomic mass is 10.2. The van der Waals surface area contributed by atoms with Crippen LogP contribution in [0.15, 0.2) is 48.5 Å². The van der Waals surface area contributed by atoms with E-state index in [4.69, 9.17) is 0 Å². The summed E-state index contributed by atoms with van der Waals surface area (Å²) >= 11 is 1.51. The van der Waals surface area contributed by atoms with Gasteiger partial charge in [0.2, 0.25) is 11.8 Å². The van der Waals surface area contributed by atoms with E-state index in [1.165, 1.54) is 26.0 Å². The minimum absolute atomic E-state index is 0.145. The van der Waals surface area contributed by atoms with Crippen molar-refractivity contribution in [2.24, 2.45) is 0 Å². The molecule has 0 aromatic heterocycles. The zero-order valence-corrected chi connectivity index (χ0v) is 18.1. The highest BCUT2D eigenvalue weighted by Crippen LogP contribution is 2.13. The van der Waals surface area contributed by atoms with Crippen LogP contribution in [0.4, 0.5) is 11.4 Å². The molecule has 0 saturated carbocycles. The van der Waals surface area contributed by atoms with Crippen LogP contribution in [0, 0.1) is 0 Å². The first-order valence-corrected chi connectivity index (χ1v) is 10.6. The number of methoxy groups -OCH3 is 2. The number of esters is 2. The van der Waals surface area contributed by atoms with E-state index >= 15 is 0 Å². The molecule has 2 N–H and O–H groups in total. The van der Waals surface area contributed by atoms with Gasteiger partial charge in [-0.25, -0.2) is 9.59 Å². The van der Waals surface area contributed by atoms with Crippen molar-refractivity contribution in [3.05, 3.63) is 59.7 Å². The minimum Gasteiger partial charge on any atom is -0.465 e. The number of carbonyl (C=O) groups excluding carboxylic acids is 4. The zero-order chi connectivity index (χ0) is 22.6. The van der Waals surface area contributed by atoms with Crippen molar-refractivity contribution >= 4 is 46.9 Å². The molecular weight excluding hydrogens is 420 g/mol. The van der Waals surface area contributed by atoms with E-state index in [9.17, 15) is 19.2 Å². The first-order chi connectivity index (χ1) is 14.9. The maximum atomic E-state index is 12.0. The van der Waals surface area contributed by atoms with Crippen LogP contribution < -0.4 is 10.6 Å². The van der Waals surface area contributed by atoms with Crippen LogP contribution in [0.5, 0.6) is 0 Å². The molecule has 0 aliphatic carbocycles. The van der Waals surface area contributed by atoms with Crippen LogP contribution in [-0.2, 0) is 19.1 Å². The summed E-state index contributed by atoms with van der Waals surface area (Å²) in [5.74, 6) is -0.00429. The van der Waals surface area contributed by atoms with E-state index in [2.05, 4.69) is 20.1 Å². The van der Waals surface area contributed by atoms with Gasteiger partial charge in [0.25, 0.3) is 0 Å². The van der Waals surface area contributed by atoms with Crippen molar-refractivity contribution in [2.45, 2.75) is 12.8 Å². The van der Waals surface area contributed by atoms with E-state index in [-0.39, 0.29) is 11.8 Å². The van der Waals surface area contributed by atoms with Gasteiger partial charge < -0.3 is 20.1 Å². The molecule has 0 spiro atoms. The number of benzene rings is 2. The Morgan fingerprint density at radius 3 is 1.35 bits per heavy atom. The first-order valence-electron chi connectivity index (χ1n) is 9.47. The van der Waals surface area contributed by atoms with Crippen molar-refractivity contribution in [1.29, 1.82) is 0 Å². The average molecular weight is 445 g/mol. The molecule has 2 rings (SSSR count). The summed E-state index contributed by atoms with van der Waals surface area (Å²) < 4.78 is 9.25. The largest absolute Gasteiger partial charge is 0.465 e. The van der Waals surface area contributed by atoms with E-state index < -0.39 is 11.9 Å². The molecule has 0 aliphatic rings. The maximum absolute atomic E-state index is 12.0. The lowest BCUT2D eigenvalue weighted by Crippen LogP contribution is -2.14. The van der Waals surface area contributed by atoms with Crippen LogP contribution >= 0.6 is 11.8 Å². The van der Waals surface area contributed by atoms with Crippen molar-refractivity contribution < 1.29 is 28.7 Å². The third-order valence-electron chi connectivity index (χ3n) is 4.13. The summed E-state index contributed by atoms with van der Waals surface area (Å²) in [6, 6.07) is 12.9. The second kappa shape index (κ2) is 12.4. The number of amides is 2. The summed E-state index contributed by atoms with van der Waals surface area (Å²) in [7, 11) is 2.62. The lowest BCUT2D eigenvalue weighted by Gasteiger charge is -2.07. The Labute approximate surface area is 184 Å². The molecule has 0 saturated heterocycles. The Morgan fingerprint density at radius 1 is 0.677 bits per heavy atom. The Balaban J connectivity index is 1.62. The molecule has 2 aromatic rings. The molecule has 0 aliphatic heterocycles. The van der Waals surface area contributed by atoms with E-state index in [1.54, 1.807) is 48.5 Å². The van der Waals surface area contributed by atoms with Gasteiger partial charge in [-0.1, -0.05) is 0 Å². The van der Waals surface area contributed by atoms with Gasteiger partial charge in [-0.15, -0.1) is 0 Å². The van der Waals surface area contributed by atoms with Crippen molar-refractivity contribution in [1.82, 2.24) is 0 Å². The molecule has 2 aromatic carbocycles. The first kappa shape index (κ1) is 23.9. The number of hydrogen-bond donors (Lipinski definition) is 2. The van der Waals surface area contributed by atoms with Crippen molar-refractivity contribution in [3.63, 3.8) is 0 Å². The fraction of sp³-hybridized carbons (Fsp3) is 0.273. The van der Waals surface area contributed by atoms with Crippen LogP contribution in [0.2, 0.25) is 0 Å². The SMILES string of the molecule is COC(=O)c1ccc(NC(=O)CCSCCC(=O)Nc2ccc(C(=O)OC)cc2)cc1. The van der Waals surface area contributed by atoms with Gasteiger partial charge in [0.15, 0.2) is 0 Å². The third-order valence-corrected chi connectivity index (χ3v) is 5.11. The average Bonchev–Trinajstić information content (AvgIpc) is 2.78. The quantitative estimate of drug-likeness (QED) is 0.427. The number of anilines is 2. The van der Waals surface area contributed by atoms with Gasteiger partial charge in [-0.05, 0) is 48.5 Å². The predicted octanol–water partition coefficient (Wildman–Crippen LogP) is 3.35. The minimum atomic E-state index is -0.434. The normalized spacial score (nSPS) is 10.1. The molecule has 8 nitrogen and oxygen atoms in total. The lowest BCUT2D eigenvalue weighted by molar-refractivity contribution is -0.116. The number of carbonyl (C=O) groups is 4. The fourth-order valence-corrected chi connectivity index (χ4v) is 3.36. The van der Waals surface area contributed by atoms with E-state index in [0.717, 1.165) is 0 Å². The van der Waals surface area contributed by atoms with Crippen LogP contribution in [0.1, 0.15) is 33.6 Å². The topological polar surface area (TPSA) is 111 Å². The number of nitrogens with one attached hydrogen (secondary N) is 2. The Hall–Kier alpha value is -3.33. The number of ether oxygens (including phenoxy) is 2. The van der Waals surface area contributed by atoms with Crippen LogP contribution in [-0.4, -0.2) is 49.5 Å². The molecule has 2 amide bonds. The molecule has 0 atom stereocenters. The molecule has 0 heterocycles. The van der Waals surface area contributed by atoms with Crippen LogP contribution in [0.25, 0.3) is 0 Å². The van der Waals surface area contributed by atoms with Crippen molar-refractivity contribution in [3.8, 4) is 0 Å². The van der Waals surface area contributed by atoms with Gasteiger partial charge in [0.05, 0.1) is 25.3 Å². The summed E-state index contributed by atoms with van der Waals surface area (Å²) in [4.78, 5) is 46.8. The fourth-order valence-electron chi connectivity index (χ4n) is 2.49. The smallest absolute Gasteiger partial charge is 0.337 e.